The van der Waals surface area contributed by atoms with Crippen molar-refractivity contribution in [2.75, 3.05) is 0 Å². The van der Waals surface area contributed by atoms with Gasteiger partial charge in [0.2, 0.25) is 0 Å². The van der Waals surface area contributed by atoms with E-state index in [-0.39, 0.29) is 10.7 Å². The molecule has 0 unspecified atom stereocenters. The van der Waals surface area contributed by atoms with Crippen molar-refractivity contribution in [1.29, 1.82) is 5.41 Å². The van der Waals surface area contributed by atoms with Crippen LogP contribution in [-0.4, -0.2) is 18.8 Å². The van der Waals surface area contributed by atoms with Gasteiger partial charge in [-0.05, 0) is 36.8 Å². The van der Waals surface area contributed by atoms with Crippen LogP contribution < -0.4 is 10.5 Å². The van der Waals surface area contributed by atoms with E-state index in [4.69, 9.17) is 20.4 Å². The third-order valence-electron chi connectivity index (χ3n) is 3.71. The lowest BCUT2D eigenvalue weighted by Gasteiger charge is -2.07. The summed E-state index contributed by atoms with van der Waals surface area (Å²) >= 11 is 0. The molecule has 146 valence electrons. The summed E-state index contributed by atoms with van der Waals surface area (Å²) in [7, 11) is -4.02. The average molecular weight is 398 g/mol. The van der Waals surface area contributed by atoms with Crippen molar-refractivity contribution in [1.82, 2.24) is 0 Å². The number of nitrogen functional groups attached to an aromatic ring is 1. The van der Waals surface area contributed by atoms with E-state index in [9.17, 15) is 8.42 Å². The van der Waals surface area contributed by atoms with Gasteiger partial charge in [0.05, 0.1) is 4.90 Å². The molecule has 0 aliphatic carbocycles. The number of rotatable bonds is 5. The molecule has 0 fully saturated rings. The molecule has 6 nitrogen and oxygen atoms in total. The zero-order valence-electron chi connectivity index (χ0n) is 15.4. The topological polar surface area (TPSA) is 113 Å². The lowest BCUT2D eigenvalue weighted by atomic mass is 10.2. The van der Waals surface area contributed by atoms with Crippen LogP contribution in [0.5, 0.6) is 5.75 Å². The van der Waals surface area contributed by atoms with E-state index in [2.05, 4.69) is 0 Å². The Balaban J connectivity index is 0.000000221. The van der Waals surface area contributed by atoms with Crippen LogP contribution in [0.3, 0.4) is 0 Å². The Hall–Kier alpha value is -3.16. The van der Waals surface area contributed by atoms with Gasteiger partial charge in [-0.2, -0.15) is 8.42 Å². The predicted molar refractivity (Wildman–Crippen MR) is 109 cm³/mol. The Kier molecular flexibility index (Phi) is 7.31. The molecule has 0 saturated carbocycles. The summed E-state index contributed by atoms with van der Waals surface area (Å²) in [6.07, 6.45) is 0. The highest BCUT2D eigenvalue weighted by Gasteiger charge is 2.06. The highest BCUT2D eigenvalue weighted by Crippen LogP contribution is 2.14. The Bertz CT molecular complexity index is 1020. The van der Waals surface area contributed by atoms with Crippen LogP contribution in [0.25, 0.3) is 0 Å². The zero-order valence-corrected chi connectivity index (χ0v) is 16.2. The second-order valence-electron chi connectivity index (χ2n) is 6.00. The molecule has 0 heterocycles. The highest BCUT2D eigenvalue weighted by molar-refractivity contribution is 7.85. The Morgan fingerprint density at radius 1 is 1.00 bits per heavy atom. The lowest BCUT2D eigenvalue weighted by Crippen LogP contribution is -2.10. The van der Waals surface area contributed by atoms with Crippen molar-refractivity contribution in [3.63, 3.8) is 0 Å². The molecular formula is C21H22N2O4S. The van der Waals surface area contributed by atoms with Crippen molar-refractivity contribution in [3.8, 4) is 5.75 Å². The predicted octanol–water partition coefficient (Wildman–Crippen LogP) is 3.79. The molecule has 0 atom stereocenters. The van der Waals surface area contributed by atoms with E-state index < -0.39 is 10.1 Å². The number of hydrogen-bond acceptors (Lipinski definition) is 4. The van der Waals surface area contributed by atoms with Gasteiger partial charge in [0.1, 0.15) is 18.2 Å². The van der Waals surface area contributed by atoms with Gasteiger partial charge in [0.25, 0.3) is 10.1 Å². The van der Waals surface area contributed by atoms with Gasteiger partial charge in [0, 0.05) is 5.56 Å². The van der Waals surface area contributed by atoms with Crippen LogP contribution in [0.2, 0.25) is 0 Å². The fraction of sp³-hybridized carbons (Fsp3) is 0.0952. The largest absolute Gasteiger partial charge is 0.489 e. The Morgan fingerprint density at radius 2 is 1.64 bits per heavy atom. The van der Waals surface area contributed by atoms with Gasteiger partial charge in [-0.15, -0.1) is 0 Å². The molecule has 3 aromatic carbocycles. The van der Waals surface area contributed by atoms with Crippen LogP contribution >= 0.6 is 0 Å². The van der Waals surface area contributed by atoms with Crippen molar-refractivity contribution >= 4 is 16.0 Å². The number of nitrogens with two attached hydrogens (primary N) is 1. The molecule has 0 aromatic heterocycles. The molecule has 7 heteroatoms. The summed E-state index contributed by atoms with van der Waals surface area (Å²) in [6.45, 7) is 2.36. The van der Waals surface area contributed by atoms with Gasteiger partial charge in [0.15, 0.2) is 0 Å². The third-order valence-corrected chi connectivity index (χ3v) is 4.58. The van der Waals surface area contributed by atoms with Gasteiger partial charge >= 0.3 is 0 Å². The summed E-state index contributed by atoms with van der Waals surface area (Å²) in [5.41, 5.74) is 8.16. The molecule has 0 radical (unpaired) electrons. The SMILES string of the molecule is Cc1ccc(S(=O)(=O)O)cc1.N=C(N)c1cccc(OCc2ccccc2)c1. The monoisotopic (exact) mass is 398 g/mol. The first kappa shape index (κ1) is 21.1. The maximum absolute atomic E-state index is 10.5. The van der Waals surface area contributed by atoms with Gasteiger partial charge < -0.3 is 10.5 Å². The van der Waals surface area contributed by atoms with Crippen molar-refractivity contribution < 1.29 is 17.7 Å². The van der Waals surface area contributed by atoms with E-state index in [1.54, 1.807) is 24.3 Å². The maximum Gasteiger partial charge on any atom is 0.294 e. The summed E-state index contributed by atoms with van der Waals surface area (Å²) in [5, 5.41) is 7.35. The normalized spacial score (nSPS) is 10.5. The summed E-state index contributed by atoms with van der Waals surface area (Å²) < 4.78 is 35.2. The van der Waals surface area contributed by atoms with Crippen LogP contribution in [0, 0.1) is 12.3 Å². The van der Waals surface area contributed by atoms with Gasteiger partial charge in [-0.25, -0.2) is 0 Å². The summed E-state index contributed by atoms with van der Waals surface area (Å²) in [4.78, 5) is -0.0666. The second kappa shape index (κ2) is 9.68. The minimum atomic E-state index is -4.02. The minimum absolute atomic E-state index is 0.0511. The van der Waals surface area contributed by atoms with E-state index in [0.29, 0.717) is 12.2 Å². The second-order valence-corrected chi connectivity index (χ2v) is 7.43. The smallest absolute Gasteiger partial charge is 0.294 e. The molecule has 3 rings (SSSR count). The van der Waals surface area contributed by atoms with E-state index in [0.717, 1.165) is 16.9 Å². The van der Waals surface area contributed by atoms with Crippen LogP contribution in [0.4, 0.5) is 0 Å². The number of aryl methyl sites for hydroxylation is 1. The number of nitrogens with one attached hydrogen (secondary N) is 1. The van der Waals surface area contributed by atoms with Crippen LogP contribution in [-0.2, 0) is 16.7 Å². The molecule has 0 bridgehead atoms. The number of benzene rings is 3. The van der Waals surface area contributed by atoms with Crippen molar-refractivity contribution in [3.05, 3.63) is 95.6 Å². The van der Waals surface area contributed by atoms with Crippen LogP contribution in [0.15, 0.2) is 83.8 Å². The Labute approximate surface area is 164 Å². The number of hydrogen-bond donors (Lipinski definition) is 3. The standard InChI is InChI=1S/C14H14N2O.C7H8O3S/c15-14(16)12-7-4-8-13(9-12)17-10-11-5-2-1-3-6-11;1-6-2-4-7(5-3-6)11(8,9)10/h1-9H,10H2,(H3,15,16);2-5H,1H3,(H,8,9,10). The number of amidine groups is 1. The molecule has 0 aliphatic heterocycles. The fourth-order valence-corrected chi connectivity index (χ4v) is 2.68. The fourth-order valence-electron chi connectivity index (χ4n) is 2.20. The first-order valence-corrected chi connectivity index (χ1v) is 9.85. The minimum Gasteiger partial charge on any atom is -0.489 e. The van der Waals surface area contributed by atoms with E-state index >= 15 is 0 Å². The molecule has 3 aromatic rings. The van der Waals surface area contributed by atoms with Crippen LogP contribution in [0.1, 0.15) is 16.7 Å². The van der Waals surface area contributed by atoms with E-state index in [1.807, 2.05) is 49.4 Å². The quantitative estimate of drug-likeness (QED) is 0.344. The zero-order chi connectivity index (χ0) is 20.6. The molecule has 0 saturated heterocycles. The first-order chi connectivity index (χ1) is 13.3. The average Bonchev–Trinajstić information content (AvgIpc) is 2.67. The molecular weight excluding hydrogens is 376 g/mol. The first-order valence-electron chi connectivity index (χ1n) is 8.41. The molecule has 0 spiro atoms. The van der Waals surface area contributed by atoms with Gasteiger partial charge in [-0.1, -0.05) is 60.2 Å². The molecule has 4 N–H and O–H groups in total. The van der Waals surface area contributed by atoms with Gasteiger partial charge in [-0.3, -0.25) is 9.96 Å². The number of ether oxygens (including phenoxy) is 1. The Morgan fingerprint density at radius 3 is 2.21 bits per heavy atom. The van der Waals surface area contributed by atoms with Crippen molar-refractivity contribution in [2.24, 2.45) is 5.73 Å². The van der Waals surface area contributed by atoms with Crippen molar-refractivity contribution in [2.45, 2.75) is 18.4 Å². The summed E-state index contributed by atoms with van der Waals surface area (Å²) in [5.74, 6) is 0.775. The molecule has 28 heavy (non-hydrogen) atoms. The summed E-state index contributed by atoms with van der Waals surface area (Å²) in [6, 6.07) is 23.2. The maximum atomic E-state index is 10.5. The lowest BCUT2D eigenvalue weighted by molar-refractivity contribution is 0.306. The molecule has 0 aliphatic rings. The molecule has 0 amide bonds. The third kappa shape index (κ3) is 6.86. The van der Waals surface area contributed by atoms with E-state index in [1.165, 1.54) is 12.1 Å². The highest BCUT2D eigenvalue weighted by atomic mass is 32.2.